The lowest BCUT2D eigenvalue weighted by atomic mass is 10.0. The number of hydrogen-bond acceptors (Lipinski definition) is 4. The molecule has 1 aliphatic rings. The van der Waals surface area contributed by atoms with Gasteiger partial charge in [0.1, 0.15) is 17.5 Å². The van der Waals surface area contributed by atoms with Crippen molar-refractivity contribution in [1.82, 2.24) is 10.2 Å². The van der Waals surface area contributed by atoms with Crippen LogP contribution < -0.4 is 14.8 Å². The summed E-state index contributed by atoms with van der Waals surface area (Å²) in [4.78, 5) is 29.2. The van der Waals surface area contributed by atoms with Crippen molar-refractivity contribution in [3.63, 3.8) is 0 Å². The van der Waals surface area contributed by atoms with Crippen LogP contribution in [0.15, 0.2) is 72.8 Å². The highest BCUT2D eigenvalue weighted by Gasteiger charge is 2.32. The zero-order chi connectivity index (χ0) is 28.3. The van der Waals surface area contributed by atoms with Crippen LogP contribution in [-0.2, 0) is 22.6 Å². The Labute approximate surface area is 246 Å². The zero-order valence-electron chi connectivity index (χ0n) is 22.8. The molecule has 1 fully saturated rings. The van der Waals surface area contributed by atoms with Gasteiger partial charge in [0.15, 0.2) is 0 Å². The summed E-state index contributed by atoms with van der Waals surface area (Å²) in [6.07, 6.45) is 5.18. The van der Waals surface area contributed by atoms with Crippen LogP contribution in [0.1, 0.15) is 49.7 Å². The fourth-order valence-electron chi connectivity index (χ4n) is 5.00. The minimum Gasteiger partial charge on any atom is -0.497 e. The summed E-state index contributed by atoms with van der Waals surface area (Å²) < 4.78 is 11.0. The van der Waals surface area contributed by atoms with Gasteiger partial charge in [0.25, 0.3) is 0 Å². The third-order valence-corrected chi connectivity index (χ3v) is 7.93. The monoisotopic (exact) mass is 582 g/mol. The van der Waals surface area contributed by atoms with Gasteiger partial charge in [0.2, 0.25) is 11.8 Å². The second kappa shape index (κ2) is 15.0. The number of benzene rings is 3. The summed E-state index contributed by atoms with van der Waals surface area (Å²) in [6, 6.07) is 21.8. The van der Waals surface area contributed by atoms with Crippen molar-refractivity contribution in [2.75, 3.05) is 13.7 Å². The molecule has 0 radical (unpaired) electrons. The molecule has 0 saturated heterocycles. The summed E-state index contributed by atoms with van der Waals surface area (Å²) in [5, 5.41) is 4.14. The van der Waals surface area contributed by atoms with Crippen molar-refractivity contribution >= 4 is 35.0 Å². The molecule has 212 valence electrons. The molecule has 0 unspecified atom stereocenters. The Morgan fingerprint density at radius 1 is 0.925 bits per heavy atom. The third kappa shape index (κ3) is 8.39. The van der Waals surface area contributed by atoms with Crippen molar-refractivity contribution < 1.29 is 19.1 Å². The maximum atomic E-state index is 13.8. The SMILES string of the molecule is COc1ccc(OCCCC(=O)N(Cc2c(Cl)cccc2Cl)[C@H](Cc2ccccc2)C(=O)NC2CCCC2)cc1. The fraction of sp³-hybridized carbons (Fsp3) is 0.375. The van der Waals surface area contributed by atoms with Gasteiger partial charge < -0.3 is 19.7 Å². The average molecular weight is 584 g/mol. The number of nitrogens with one attached hydrogen (secondary N) is 1. The number of ether oxygens (including phenoxy) is 2. The molecule has 3 aromatic rings. The minimum atomic E-state index is -0.717. The number of methoxy groups -OCH3 is 1. The summed E-state index contributed by atoms with van der Waals surface area (Å²) in [7, 11) is 1.61. The van der Waals surface area contributed by atoms with Gasteiger partial charge in [-0.05, 0) is 61.2 Å². The Morgan fingerprint density at radius 3 is 2.23 bits per heavy atom. The second-order valence-corrected chi connectivity index (χ2v) is 10.9. The van der Waals surface area contributed by atoms with Crippen LogP contribution in [0.2, 0.25) is 10.0 Å². The minimum absolute atomic E-state index is 0.129. The molecule has 3 aromatic carbocycles. The lowest BCUT2D eigenvalue weighted by molar-refractivity contribution is -0.141. The van der Waals surface area contributed by atoms with Crippen molar-refractivity contribution in [2.24, 2.45) is 0 Å². The first kappa shape index (κ1) is 29.8. The van der Waals surface area contributed by atoms with E-state index in [1.807, 2.05) is 54.6 Å². The summed E-state index contributed by atoms with van der Waals surface area (Å²) in [5.41, 5.74) is 1.60. The predicted octanol–water partition coefficient (Wildman–Crippen LogP) is 6.86. The van der Waals surface area contributed by atoms with Crippen LogP contribution in [0, 0.1) is 0 Å². The van der Waals surface area contributed by atoms with Crippen LogP contribution in [0.5, 0.6) is 11.5 Å². The number of nitrogens with zero attached hydrogens (tertiary/aromatic N) is 1. The van der Waals surface area contributed by atoms with E-state index in [-0.39, 0.29) is 30.8 Å². The predicted molar refractivity (Wildman–Crippen MR) is 159 cm³/mol. The number of carbonyl (C=O) groups is 2. The smallest absolute Gasteiger partial charge is 0.243 e. The molecule has 8 heteroatoms. The molecule has 1 saturated carbocycles. The van der Waals surface area contributed by atoms with Crippen LogP contribution in [0.25, 0.3) is 0 Å². The van der Waals surface area contributed by atoms with Crippen molar-refractivity contribution in [3.8, 4) is 11.5 Å². The van der Waals surface area contributed by atoms with Gasteiger partial charge >= 0.3 is 0 Å². The maximum Gasteiger partial charge on any atom is 0.243 e. The molecule has 2 amide bonds. The van der Waals surface area contributed by atoms with Gasteiger partial charge in [-0.15, -0.1) is 0 Å². The van der Waals surface area contributed by atoms with E-state index in [1.54, 1.807) is 30.2 Å². The lowest BCUT2D eigenvalue weighted by Crippen LogP contribution is -2.52. The molecule has 0 spiro atoms. The zero-order valence-corrected chi connectivity index (χ0v) is 24.3. The van der Waals surface area contributed by atoms with E-state index in [9.17, 15) is 9.59 Å². The quantitative estimate of drug-likeness (QED) is 0.223. The van der Waals surface area contributed by atoms with Gasteiger partial charge in [0, 0.05) is 41.0 Å². The summed E-state index contributed by atoms with van der Waals surface area (Å²) in [5.74, 6) is 1.14. The molecule has 0 bridgehead atoms. The van der Waals surface area contributed by atoms with Crippen LogP contribution in [-0.4, -0.2) is 42.5 Å². The van der Waals surface area contributed by atoms with E-state index < -0.39 is 6.04 Å². The van der Waals surface area contributed by atoms with E-state index in [0.717, 1.165) is 37.0 Å². The number of carbonyl (C=O) groups excluding carboxylic acids is 2. The highest BCUT2D eigenvalue weighted by molar-refractivity contribution is 6.36. The van der Waals surface area contributed by atoms with Gasteiger partial charge in [-0.25, -0.2) is 0 Å². The van der Waals surface area contributed by atoms with Crippen LogP contribution in [0.3, 0.4) is 0 Å². The van der Waals surface area contributed by atoms with E-state index in [4.69, 9.17) is 32.7 Å². The molecule has 1 atom stereocenters. The molecular weight excluding hydrogens is 547 g/mol. The number of halogens is 2. The Balaban J connectivity index is 1.53. The third-order valence-electron chi connectivity index (χ3n) is 7.23. The molecular formula is C32H36Cl2N2O4. The van der Waals surface area contributed by atoms with E-state index in [2.05, 4.69) is 5.32 Å². The Kier molecular flexibility index (Phi) is 11.1. The summed E-state index contributed by atoms with van der Waals surface area (Å²) in [6.45, 7) is 0.489. The van der Waals surface area contributed by atoms with E-state index >= 15 is 0 Å². The molecule has 40 heavy (non-hydrogen) atoms. The molecule has 4 rings (SSSR count). The number of amides is 2. The van der Waals surface area contributed by atoms with Crippen LogP contribution in [0.4, 0.5) is 0 Å². The van der Waals surface area contributed by atoms with Crippen molar-refractivity contribution in [2.45, 2.75) is 63.6 Å². The molecule has 0 aromatic heterocycles. The first-order chi connectivity index (χ1) is 19.4. The standard InChI is InChI=1S/C32H36Cl2N2O4/c1-39-25-16-18-26(19-17-25)40-20-8-15-31(37)36(22-27-28(33)13-7-14-29(27)34)30(21-23-9-3-2-4-10-23)32(38)35-24-11-5-6-12-24/h2-4,7,9-10,13-14,16-19,24,30H,5-6,8,11-12,15,20-22H2,1H3,(H,35,38)/t30-/m1/s1. The van der Waals surface area contributed by atoms with Crippen molar-refractivity contribution in [1.29, 1.82) is 0 Å². The first-order valence-corrected chi connectivity index (χ1v) is 14.5. The molecule has 0 heterocycles. The lowest BCUT2D eigenvalue weighted by Gasteiger charge is -2.33. The topological polar surface area (TPSA) is 67.9 Å². The van der Waals surface area contributed by atoms with Crippen LogP contribution >= 0.6 is 23.2 Å². The molecule has 1 N–H and O–H groups in total. The second-order valence-electron chi connectivity index (χ2n) is 10.0. The average Bonchev–Trinajstić information content (AvgIpc) is 3.48. The molecule has 6 nitrogen and oxygen atoms in total. The first-order valence-electron chi connectivity index (χ1n) is 13.8. The largest absolute Gasteiger partial charge is 0.497 e. The number of rotatable bonds is 13. The van der Waals surface area contributed by atoms with Gasteiger partial charge in [-0.2, -0.15) is 0 Å². The summed E-state index contributed by atoms with van der Waals surface area (Å²) >= 11 is 13.0. The van der Waals surface area contributed by atoms with Crippen molar-refractivity contribution in [3.05, 3.63) is 94.0 Å². The van der Waals surface area contributed by atoms with Gasteiger partial charge in [-0.1, -0.05) is 72.4 Å². The normalized spacial score (nSPS) is 14.0. The van der Waals surface area contributed by atoms with E-state index in [1.165, 1.54) is 0 Å². The van der Waals surface area contributed by atoms with Gasteiger partial charge in [-0.3, -0.25) is 9.59 Å². The Morgan fingerprint density at radius 2 is 1.57 bits per heavy atom. The number of hydrogen-bond donors (Lipinski definition) is 1. The highest BCUT2D eigenvalue weighted by atomic mass is 35.5. The molecule has 0 aliphatic heterocycles. The highest BCUT2D eigenvalue weighted by Crippen LogP contribution is 2.28. The van der Waals surface area contributed by atoms with Gasteiger partial charge in [0.05, 0.1) is 13.7 Å². The Bertz CT molecular complexity index is 1230. The maximum absolute atomic E-state index is 13.8. The van der Waals surface area contributed by atoms with E-state index in [0.29, 0.717) is 40.8 Å². The Hall–Kier alpha value is -3.22. The molecule has 1 aliphatic carbocycles. The fourth-order valence-corrected chi connectivity index (χ4v) is 5.52.